The monoisotopic (exact) mass is 387 g/mol. The van der Waals surface area contributed by atoms with Crippen LogP contribution < -0.4 is 0 Å². The maximum absolute atomic E-state index is 13.1. The third kappa shape index (κ3) is 2.34. The molecule has 4 heterocycles. The summed E-state index contributed by atoms with van der Waals surface area (Å²) >= 11 is 3.38. The molecule has 1 atom stereocenters. The van der Waals surface area contributed by atoms with E-state index in [0.29, 0.717) is 17.9 Å². The summed E-state index contributed by atoms with van der Waals surface area (Å²) in [6.07, 6.45) is 2.85. The number of nitrogens with zero attached hydrogens (tertiary/aromatic N) is 5. The van der Waals surface area contributed by atoms with E-state index in [9.17, 15) is 4.79 Å². The first kappa shape index (κ1) is 15.4. The van der Waals surface area contributed by atoms with Crippen LogP contribution in [-0.4, -0.2) is 36.5 Å². The lowest BCUT2D eigenvalue weighted by molar-refractivity contribution is 0.0638. The Morgan fingerprint density at radius 3 is 3.00 bits per heavy atom. The van der Waals surface area contributed by atoms with Crippen molar-refractivity contribution < 1.29 is 4.79 Å². The van der Waals surface area contributed by atoms with E-state index < -0.39 is 0 Å². The molecule has 0 saturated heterocycles. The Morgan fingerprint density at radius 2 is 2.21 bits per heavy atom. The number of fused-ring (bicyclic) bond motifs is 2. The molecule has 0 bridgehead atoms. The van der Waals surface area contributed by atoms with Gasteiger partial charge in [-0.2, -0.15) is 5.10 Å². The Hall–Kier alpha value is -2.15. The van der Waals surface area contributed by atoms with Gasteiger partial charge in [0.15, 0.2) is 5.65 Å². The second kappa shape index (κ2) is 5.73. The van der Waals surface area contributed by atoms with E-state index in [2.05, 4.69) is 56.7 Å². The minimum Gasteiger partial charge on any atom is -0.348 e. The van der Waals surface area contributed by atoms with Crippen molar-refractivity contribution in [2.24, 2.45) is 0 Å². The molecule has 0 saturated carbocycles. The van der Waals surface area contributed by atoms with Crippen molar-refractivity contribution in [3.63, 3.8) is 0 Å². The number of hydrogen-bond donors (Lipinski definition) is 0. The molecule has 1 amide bonds. The molecule has 3 aromatic rings. The molecule has 0 aromatic carbocycles. The van der Waals surface area contributed by atoms with Crippen LogP contribution in [0.25, 0.3) is 5.65 Å². The van der Waals surface area contributed by atoms with Gasteiger partial charge < -0.3 is 9.47 Å². The second-order valence-corrected chi connectivity index (χ2v) is 6.84. The first-order valence-electron chi connectivity index (χ1n) is 8.09. The smallest absolute Gasteiger partial charge is 0.273 e. The highest BCUT2D eigenvalue weighted by Crippen LogP contribution is 2.27. The van der Waals surface area contributed by atoms with Crippen molar-refractivity contribution in [2.45, 2.75) is 32.9 Å². The Morgan fingerprint density at radius 1 is 1.38 bits per heavy atom. The van der Waals surface area contributed by atoms with Gasteiger partial charge in [-0.25, -0.2) is 9.50 Å². The normalized spacial score (nSPS) is 17.3. The summed E-state index contributed by atoms with van der Waals surface area (Å²) in [5.74, 6) is -0.0236. The lowest BCUT2D eigenvalue weighted by Gasteiger charge is -2.34. The van der Waals surface area contributed by atoms with Crippen LogP contribution in [0.2, 0.25) is 0 Å². The van der Waals surface area contributed by atoms with Gasteiger partial charge in [0.1, 0.15) is 10.3 Å². The SMILES string of the molecule is CCc1cc(C(=O)N2CCn3cccc3C2C)nc2cc(Br)nn12. The van der Waals surface area contributed by atoms with E-state index in [-0.39, 0.29) is 11.9 Å². The second-order valence-electron chi connectivity index (χ2n) is 6.02. The summed E-state index contributed by atoms with van der Waals surface area (Å²) in [6.45, 7) is 5.63. The number of aromatic nitrogens is 4. The molecule has 0 spiro atoms. The minimum atomic E-state index is -0.0236. The molecule has 0 radical (unpaired) electrons. The summed E-state index contributed by atoms with van der Waals surface area (Å²) < 4.78 is 4.71. The van der Waals surface area contributed by atoms with Crippen LogP contribution in [0.3, 0.4) is 0 Å². The molecule has 124 valence electrons. The van der Waals surface area contributed by atoms with Crippen LogP contribution in [-0.2, 0) is 13.0 Å². The van der Waals surface area contributed by atoms with Gasteiger partial charge in [-0.05, 0) is 47.5 Å². The fraction of sp³-hybridized carbons (Fsp3) is 0.353. The highest BCUT2D eigenvalue weighted by molar-refractivity contribution is 9.10. The number of halogens is 1. The summed E-state index contributed by atoms with van der Waals surface area (Å²) in [4.78, 5) is 19.5. The highest BCUT2D eigenvalue weighted by Gasteiger charge is 2.29. The van der Waals surface area contributed by atoms with Crippen molar-refractivity contribution in [1.29, 1.82) is 0 Å². The maximum atomic E-state index is 13.1. The zero-order chi connectivity index (χ0) is 16.8. The van der Waals surface area contributed by atoms with Crippen LogP contribution >= 0.6 is 15.9 Å². The van der Waals surface area contributed by atoms with E-state index in [1.54, 1.807) is 4.52 Å². The molecule has 0 fully saturated rings. The van der Waals surface area contributed by atoms with Gasteiger partial charge in [0.25, 0.3) is 5.91 Å². The van der Waals surface area contributed by atoms with Gasteiger partial charge >= 0.3 is 0 Å². The summed E-state index contributed by atoms with van der Waals surface area (Å²) in [6, 6.07) is 7.84. The van der Waals surface area contributed by atoms with Crippen LogP contribution in [0.5, 0.6) is 0 Å². The molecule has 3 aromatic heterocycles. The van der Waals surface area contributed by atoms with Gasteiger partial charge in [0.05, 0.1) is 6.04 Å². The number of amides is 1. The molecule has 0 aliphatic carbocycles. The number of hydrogen-bond acceptors (Lipinski definition) is 3. The van der Waals surface area contributed by atoms with Gasteiger partial charge in [0, 0.05) is 36.7 Å². The van der Waals surface area contributed by atoms with Crippen molar-refractivity contribution in [1.82, 2.24) is 24.1 Å². The third-order valence-corrected chi connectivity index (χ3v) is 5.04. The average molecular weight is 388 g/mol. The van der Waals surface area contributed by atoms with E-state index in [0.717, 1.165) is 23.3 Å². The standard InChI is InChI=1S/C17H18BrN5O/c1-3-12-9-13(19-16-10-15(18)20-23(12)16)17(24)22-8-7-21-6-4-5-14(21)11(22)2/h4-6,9-11H,3,7-8H2,1-2H3. The lowest BCUT2D eigenvalue weighted by atomic mass is 10.1. The topological polar surface area (TPSA) is 55.4 Å². The predicted molar refractivity (Wildman–Crippen MR) is 93.9 cm³/mol. The summed E-state index contributed by atoms with van der Waals surface area (Å²) in [5, 5.41) is 4.38. The van der Waals surface area contributed by atoms with Crippen LogP contribution in [0, 0.1) is 0 Å². The largest absolute Gasteiger partial charge is 0.348 e. The molecule has 1 unspecified atom stereocenters. The summed E-state index contributed by atoms with van der Waals surface area (Å²) in [7, 11) is 0. The van der Waals surface area contributed by atoms with E-state index in [4.69, 9.17) is 0 Å². The molecule has 7 heteroatoms. The van der Waals surface area contributed by atoms with E-state index in [1.807, 2.05) is 23.1 Å². The third-order valence-electron chi connectivity index (χ3n) is 4.66. The zero-order valence-corrected chi connectivity index (χ0v) is 15.2. The van der Waals surface area contributed by atoms with Crippen molar-refractivity contribution >= 4 is 27.5 Å². The van der Waals surface area contributed by atoms with Crippen LogP contribution in [0.4, 0.5) is 0 Å². The van der Waals surface area contributed by atoms with E-state index >= 15 is 0 Å². The van der Waals surface area contributed by atoms with Gasteiger partial charge in [-0.15, -0.1) is 0 Å². The maximum Gasteiger partial charge on any atom is 0.273 e. The zero-order valence-electron chi connectivity index (χ0n) is 13.6. The molecule has 1 aliphatic rings. The minimum absolute atomic E-state index is 0.0236. The molecular weight excluding hydrogens is 370 g/mol. The van der Waals surface area contributed by atoms with Crippen molar-refractivity contribution in [3.05, 3.63) is 52.1 Å². The Bertz CT molecular complexity index is 928. The lowest BCUT2D eigenvalue weighted by Crippen LogP contribution is -2.41. The number of carbonyl (C=O) groups is 1. The molecule has 4 rings (SSSR count). The summed E-state index contributed by atoms with van der Waals surface area (Å²) in [5.41, 5.74) is 3.32. The number of aryl methyl sites for hydroxylation is 1. The number of carbonyl (C=O) groups excluding carboxylic acids is 1. The fourth-order valence-electron chi connectivity index (χ4n) is 3.37. The molecule has 1 aliphatic heterocycles. The molecule has 0 N–H and O–H groups in total. The first-order valence-corrected chi connectivity index (χ1v) is 8.89. The van der Waals surface area contributed by atoms with Crippen molar-refractivity contribution in [3.8, 4) is 0 Å². The fourth-order valence-corrected chi connectivity index (χ4v) is 3.74. The molecule has 24 heavy (non-hydrogen) atoms. The first-order chi connectivity index (χ1) is 11.6. The van der Waals surface area contributed by atoms with E-state index in [1.165, 1.54) is 5.69 Å². The van der Waals surface area contributed by atoms with Gasteiger partial charge in [0.2, 0.25) is 0 Å². The predicted octanol–water partition coefficient (Wildman–Crippen LogP) is 3.07. The highest BCUT2D eigenvalue weighted by atomic mass is 79.9. The quantitative estimate of drug-likeness (QED) is 0.678. The average Bonchev–Trinajstić information content (AvgIpc) is 3.19. The Balaban J connectivity index is 1.73. The van der Waals surface area contributed by atoms with Crippen molar-refractivity contribution in [2.75, 3.05) is 6.54 Å². The Kier molecular flexibility index (Phi) is 3.68. The molecule has 6 nitrogen and oxygen atoms in total. The van der Waals surface area contributed by atoms with Crippen LogP contribution in [0.15, 0.2) is 35.1 Å². The Labute approximate surface area is 148 Å². The van der Waals surface area contributed by atoms with Crippen LogP contribution in [0.1, 0.15) is 41.8 Å². The van der Waals surface area contributed by atoms with Gasteiger partial charge in [-0.3, -0.25) is 4.79 Å². The number of rotatable bonds is 2. The molecular formula is C17H18BrN5O. The van der Waals surface area contributed by atoms with Gasteiger partial charge in [-0.1, -0.05) is 6.92 Å².